The molecule has 0 aliphatic carbocycles. The summed E-state index contributed by atoms with van der Waals surface area (Å²) >= 11 is 0. The van der Waals surface area contributed by atoms with E-state index in [9.17, 15) is 27.5 Å². The quantitative estimate of drug-likeness (QED) is 0.595. The Bertz CT molecular complexity index is 604. The van der Waals surface area contributed by atoms with Crippen LogP contribution < -0.4 is 0 Å². The Hall–Kier alpha value is -1.96. The lowest BCUT2D eigenvalue weighted by molar-refractivity contribution is -0.131. The fraction of sp³-hybridized carbons (Fsp3) is 0.111. The molecule has 0 aliphatic heterocycles. The lowest BCUT2D eigenvalue weighted by Crippen LogP contribution is -2.14. The number of phenolic OH excluding ortho intramolecular Hbond substituents is 1. The molecule has 0 radical (unpaired) electrons. The van der Waals surface area contributed by atoms with E-state index in [-0.39, 0.29) is 0 Å². The summed E-state index contributed by atoms with van der Waals surface area (Å²) in [5, 5.41) is 17.6. The lowest BCUT2D eigenvalue weighted by atomic mass is 10.1. The maximum absolute atomic E-state index is 13.4. The monoisotopic (exact) mass is 262 g/mol. The van der Waals surface area contributed by atoms with Gasteiger partial charge < -0.3 is 10.2 Å². The Balaban J connectivity index is 3.50. The van der Waals surface area contributed by atoms with E-state index in [0.29, 0.717) is 6.26 Å². The van der Waals surface area contributed by atoms with Crippen LogP contribution in [0.2, 0.25) is 0 Å². The third-order valence-corrected chi connectivity index (χ3v) is 3.03. The average molecular weight is 262 g/mol. The summed E-state index contributed by atoms with van der Waals surface area (Å²) in [7, 11) is -3.91. The van der Waals surface area contributed by atoms with Crippen molar-refractivity contribution in [2.45, 2.75) is 4.90 Å². The molecule has 1 aromatic carbocycles. The molecule has 0 saturated carbocycles. The standard InChI is InChI=1S/C9H7FO6S/c1-17(15,16)5-3-2-4(7(11)6(5)10)8(12)9(13)14/h2-3,11H,1H3,(H,13,14). The van der Waals surface area contributed by atoms with Crippen LogP contribution in [0.3, 0.4) is 0 Å². The highest BCUT2D eigenvalue weighted by Crippen LogP contribution is 2.27. The maximum atomic E-state index is 13.4. The summed E-state index contributed by atoms with van der Waals surface area (Å²) in [6, 6.07) is 1.46. The maximum Gasteiger partial charge on any atom is 0.377 e. The van der Waals surface area contributed by atoms with E-state index in [1.165, 1.54) is 0 Å². The molecule has 0 amide bonds. The number of carboxylic acid groups (broad SMARTS) is 1. The van der Waals surface area contributed by atoms with Gasteiger partial charge in [-0.1, -0.05) is 0 Å². The van der Waals surface area contributed by atoms with Crippen molar-refractivity contribution in [3.05, 3.63) is 23.5 Å². The minimum absolute atomic E-state index is 0.712. The van der Waals surface area contributed by atoms with Crippen LogP contribution in [0.5, 0.6) is 5.75 Å². The molecule has 0 aromatic heterocycles. The Morgan fingerprint density at radius 3 is 2.24 bits per heavy atom. The summed E-state index contributed by atoms with van der Waals surface area (Å²) in [6.07, 6.45) is 0.712. The van der Waals surface area contributed by atoms with E-state index in [1.807, 2.05) is 0 Å². The highest BCUT2D eigenvalue weighted by atomic mass is 32.2. The third-order valence-electron chi connectivity index (χ3n) is 1.92. The van der Waals surface area contributed by atoms with Crippen molar-refractivity contribution in [3.8, 4) is 5.75 Å². The minimum atomic E-state index is -3.91. The number of halogens is 1. The molecular formula is C9H7FO6S. The van der Waals surface area contributed by atoms with Gasteiger partial charge in [-0.05, 0) is 12.1 Å². The highest BCUT2D eigenvalue weighted by Gasteiger charge is 2.25. The zero-order chi connectivity index (χ0) is 13.4. The second-order valence-corrected chi connectivity index (χ2v) is 5.16. The van der Waals surface area contributed by atoms with E-state index in [1.54, 1.807) is 0 Å². The number of carbonyl (C=O) groups is 2. The molecule has 6 nitrogen and oxygen atoms in total. The van der Waals surface area contributed by atoms with Gasteiger partial charge in [0.2, 0.25) is 0 Å². The number of rotatable bonds is 3. The first kappa shape index (κ1) is 13.1. The average Bonchev–Trinajstić information content (AvgIpc) is 2.19. The van der Waals surface area contributed by atoms with Gasteiger partial charge in [-0.3, -0.25) is 4.79 Å². The van der Waals surface area contributed by atoms with Crippen molar-refractivity contribution in [2.75, 3.05) is 6.26 Å². The summed E-state index contributed by atoms with van der Waals surface area (Å²) < 4.78 is 35.5. The minimum Gasteiger partial charge on any atom is -0.504 e. The SMILES string of the molecule is CS(=O)(=O)c1ccc(C(=O)C(=O)O)c(O)c1F. The summed E-state index contributed by atoms with van der Waals surface area (Å²) in [4.78, 5) is 20.5. The van der Waals surface area contributed by atoms with Crippen molar-refractivity contribution in [2.24, 2.45) is 0 Å². The molecule has 0 saturated heterocycles. The van der Waals surface area contributed by atoms with Crippen LogP contribution in [0.1, 0.15) is 10.4 Å². The van der Waals surface area contributed by atoms with Gasteiger partial charge in [0.25, 0.3) is 5.78 Å². The molecule has 1 aromatic rings. The summed E-state index contributed by atoms with van der Waals surface area (Å²) in [5.74, 6) is -6.24. The number of ketones is 1. The Morgan fingerprint density at radius 2 is 1.82 bits per heavy atom. The molecule has 8 heteroatoms. The summed E-state index contributed by atoms with van der Waals surface area (Å²) in [5.41, 5.74) is -0.803. The van der Waals surface area contributed by atoms with Crippen molar-refractivity contribution >= 4 is 21.6 Å². The van der Waals surface area contributed by atoms with Gasteiger partial charge in [-0.25, -0.2) is 17.6 Å². The van der Waals surface area contributed by atoms with Crippen LogP contribution in [0.15, 0.2) is 17.0 Å². The molecule has 0 unspecified atom stereocenters. The first-order valence-electron chi connectivity index (χ1n) is 4.15. The largest absolute Gasteiger partial charge is 0.504 e. The molecule has 0 heterocycles. The van der Waals surface area contributed by atoms with Gasteiger partial charge in [-0.15, -0.1) is 0 Å². The van der Waals surface area contributed by atoms with Crippen LogP contribution >= 0.6 is 0 Å². The summed E-state index contributed by atoms with van der Waals surface area (Å²) in [6.45, 7) is 0. The lowest BCUT2D eigenvalue weighted by Gasteiger charge is -2.05. The number of phenols is 1. The molecule has 0 atom stereocenters. The van der Waals surface area contributed by atoms with Crippen LogP contribution in [-0.4, -0.2) is 36.6 Å². The fourth-order valence-corrected chi connectivity index (χ4v) is 1.87. The van der Waals surface area contributed by atoms with E-state index in [2.05, 4.69) is 0 Å². The van der Waals surface area contributed by atoms with Gasteiger partial charge in [0, 0.05) is 6.26 Å². The second-order valence-electron chi connectivity index (χ2n) is 3.18. The molecular weight excluding hydrogens is 255 g/mol. The molecule has 2 N–H and O–H groups in total. The predicted molar refractivity (Wildman–Crippen MR) is 53.1 cm³/mol. The first-order chi connectivity index (χ1) is 7.66. The van der Waals surface area contributed by atoms with Crippen molar-refractivity contribution in [1.29, 1.82) is 0 Å². The normalized spacial score (nSPS) is 11.2. The number of carbonyl (C=O) groups excluding carboxylic acids is 1. The third kappa shape index (κ3) is 2.41. The predicted octanol–water partition coefficient (Wildman–Crippen LogP) is 0.202. The topological polar surface area (TPSA) is 109 Å². The number of aliphatic carboxylic acids is 1. The van der Waals surface area contributed by atoms with Gasteiger partial charge in [0.1, 0.15) is 4.90 Å². The van der Waals surface area contributed by atoms with Crippen LogP contribution in [0.25, 0.3) is 0 Å². The molecule has 17 heavy (non-hydrogen) atoms. The molecule has 1 rings (SSSR count). The fourth-order valence-electron chi connectivity index (χ4n) is 1.13. The van der Waals surface area contributed by atoms with Crippen LogP contribution in [0.4, 0.5) is 4.39 Å². The molecule has 0 spiro atoms. The molecule has 0 aliphatic rings. The zero-order valence-electron chi connectivity index (χ0n) is 8.47. The first-order valence-corrected chi connectivity index (χ1v) is 6.04. The zero-order valence-corrected chi connectivity index (χ0v) is 9.28. The van der Waals surface area contributed by atoms with E-state index >= 15 is 0 Å². The number of aromatic hydroxyl groups is 1. The number of hydrogen-bond acceptors (Lipinski definition) is 5. The van der Waals surface area contributed by atoms with Gasteiger partial charge >= 0.3 is 5.97 Å². The van der Waals surface area contributed by atoms with Crippen LogP contribution in [0, 0.1) is 5.82 Å². The van der Waals surface area contributed by atoms with E-state index in [0.717, 1.165) is 12.1 Å². The van der Waals surface area contributed by atoms with Crippen molar-refractivity contribution in [3.63, 3.8) is 0 Å². The molecule has 0 bridgehead atoms. The van der Waals surface area contributed by atoms with Gasteiger partial charge in [0.05, 0.1) is 5.56 Å². The van der Waals surface area contributed by atoms with Crippen LogP contribution in [-0.2, 0) is 14.6 Å². The smallest absolute Gasteiger partial charge is 0.377 e. The number of carboxylic acids is 1. The number of hydrogen-bond donors (Lipinski definition) is 2. The Morgan fingerprint density at radius 1 is 1.29 bits per heavy atom. The number of sulfone groups is 1. The second kappa shape index (κ2) is 4.13. The molecule has 92 valence electrons. The van der Waals surface area contributed by atoms with E-state index in [4.69, 9.17) is 5.11 Å². The molecule has 0 fully saturated rings. The van der Waals surface area contributed by atoms with Crippen molar-refractivity contribution in [1.82, 2.24) is 0 Å². The van der Waals surface area contributed by atoms with Gasteiger partial charge in [0.15, 0.2) is 21.4 Å². The Kier molecular flexibility index (Phi) is 3.18. The number of Topliss-reactive ketones (excluding diaryl/α,β-unsaturated/α-hetero) is 1. The number of benzene rings is 1. The van der Waals surface area contributed by atoms with Gasteiger partial charge in [-0.2, -0.15) is 0 Å². The van der Waals surface area contributed by atoms with E-state index < -0.39 is 43.6 Å². The Labute approximate surface area is 95.2 Å². The van der Waals surface area contributed by atoms with Crippen molar-refractivity contribution < 1.29 is 32.6 Å². The highest BCUT2D eigenvalue weighted by molar-refractivity contribution is 7.90.